The Hall–Kier alpha value is -2.93. The number of fused-ring (bicyclic) bond motifs is 1. The van der Waals surface area contributed by atoms with Crippen LogP contribution in [-0.2, 0) is 21.4 Å². The number of amides is 1. The van der Waals surface area contributed by atoms with Crippen LogP contribution in [0, 0.1) is 5.41 Å². The highest BCUT2D eigenvalue weighted by Gasteiger charge is 2.28. The molecule has 0 saturated carbocycles. The SMILES string of the molecule is CC(C)=CNC(C)=C(N=C(C)C(=O)NC1CCOCC1)C(=N)N1CCc2cc(C(C)(C)C)ccc21. The number of allylic oxidation sites excluding steroid dienone is 2. The molecule has 0 atom stereocenters. The van der Waals surface area contributed by atoms with Crippen LogP contribution in [0.4, 0.5) is 5.69 Å². The van der Waals surface area contributed by atoms with Crippen molar-refractivity contribution in [3.63, 3.8) is 0 Å². The third-order valence-electron chi connectivity index (χ3n) is 6.43. The molecule has 2 heterocycles. The maximum absolute atomic E-state index is 12.9. The standard InChI is InChI=1S/C28H41N5O2/c1-18(2)17-30-19(3)25(31-20(4)27(34)32-23-11-14-35-15-12-23)26(29)33-13-10-21-16-22(28(5,6)7)8-9-24(21)33/h8-9,16-17,23,29-30H,10-15H2,1-7H3,(H,32,34). The Bertz CT molecular complexity index is 1050. The van der Waals surface area contributed by atoms with Crippen molar-refractivity contribution in [2.75, 3.05) is 24.7 Å². The van der Waals surface area contributed by atoms with Gasteiger partial charge in [-0.05, 0) is 75.8 Å². The summed E-state index contributed by atoms with van der Waals surface area (Å²) in [5, 5.41) is 15.4. The summed E-state index contributed by atoms with van der Waals surface area (Å²) >= 11 is 0. The van der Waals surface area contributed by atoms with Crippen molar-refractivity contribution in [1.82, 2.24) is 10.6 Å². The lowest BCUT2D eigenvalue weighted by Crippen LogP contribution is -2.42. The van der Waals surface area contributed by atoms with Gasteiger partial charge in [0, 0.05) is 37.2 Å². The third-order valence-corrected chi connectivity index (χ3v) is 6.43. The van der Waals surface area contributed by atoms with Crippen LogP contribution in [0.5, 0.6) is 0 Å². The molecular weight excluding hydrogens is 438 g/mol. The van der Waals surface area contributed by atoms with Gasteiger partial charge in [-0.3, -0.25) is 10.2 Å². The number of rotatable bonds is 6. The molecule has 0 radical (unpaired) electrons. The molecular formula is C28H41N5O2. The minimum Gasteiger partial charge on any atom is -0.381 e. The number of carbonyl (C=O) groups excluding carboxylic acids is 1. The average Bonchev–Trinajstić information content (AvgIpc) is 3.24. The normalized spacial score (nSPS) is 17.5. The number of nitrogens with zero attached hydrogens (tertiary/aromatic N) is 2. The quantitative estimate of drug-likeness (QED) is 0.403. The van der Waals surface area contributed by atoms with Gasteiger partial charge in [0.05, 0.1) is 0 Å². The van der Waals surface area contributed by atoms with E-state index in [1.54, 1.807) is 6.92 Å². The van der Waals surface area contributed by atoms with Crippen molar-refractivity contribution in [2.24, 2.45) is 4.99 Å². The van der Waals surface area contributed by atoms with E-state index < -0.39 is 0 Å². The maximum atomic E-state index is 12.9. The highest BCUT2D eigenvalue weighted by Crippen LogP contribution is 2.34. The van der Waals surface area contributed by atoms with Gasteiger partial charge < -0.3 is 20.3 Å². The summed E-state index contributed by atoms with van der Waals surface area (Å²) in [7, 11) is 0. The van der Waals surface area contributed by atoms with Crippen molar-refractivity contribution < 1.29 is 9.53 Å². The Labute approximate surface area is 210 Å². The molecule has 0 bridgehead atoms. The monoisotopic (exact) mass is 479 g/mol. The van der Waals surface area contributed by atoms with Crippen molar-refractivity contribution in [3.8, 4) is 0 Å². The van der Waals surface area contributed by atoms with Crippen LogP contribution in [0.3, 0.4) is 0 Å². The molecule has 0 spiro atoms. The van der Waals surface area contributed by atoms with Crippen LogP contribution >= 0.6 is 0 Å². The van der Waals surface area contributed by atoms with Gasteiger partial charge in [-0.2, -0.15) is 0 Å². The lowest BCUT2D eigenvalue weighted by molar-refractivity contribution is -0.116. The topological polar surface area (TPSA) is 89.8 Å². The molecule has 0 aromatic heterocycles. The van der Waals surface area contributed by atoms with E-state index in [9.17, 15) is 4.79 Å². The van der Waals surface area contributed by atoms with Gasteiger partial charge in [-0.25, -0.2) is 4.99 Å². The van der Waals surface area contributed by atoms with Gasteiger partial charge in [-0.1, -0.05) is 38.5 Å². The van der Waals surface area contributed by atoms with E-state index in [4.69, 9.17) is 10.1 Å². The van der Waals surface area contributed by atoms with Crippen LogP contribution in [0.2, 0.25) is 0 Å². The lowest BCUT2D eigenvalue weighted by Gasteiger charge is -2.24. The molecule has 1 aromatic rings. The molecule has 2 aliphatic heterocycles. The molecule has 0 unspecified atom stereocenters. The van der Waals surface area contributed by atoms with Crippen molar-refractivity contribution >= 4 is 23.1 Å². The Balaban J connectivity index is 1.90. The number of hydrogen-bond donors (Lipinski definition) is 3. The first kappa shape index (κ1) is 26.7. The lowest BCUT2D eigenvalue weighted by atomic mass is 9.86. The summed E-state index contributed by atoms with van der Waals surface area (Å²) in [4.78, 5) is 19.6. The van der Waals surface area contributed by atoms with E-state index in [-0.39, 0.29) is 23.2 Å². The maximum Gasteiger partial charge on any atom is 0.265 e. The summed E-state index contributed by atoms with van der Waals surface area (Å²) < 4.78 is 5.39. The van der Waals surface area contributed by atoms with E-state index in [0.29, 0.717) is 31.2 Å². The smallest absolute Gasteiger partial charge is 0.265 e. The van der Waals surface area contributed by atoms with Crippen LogP contribution in [0.15, 0.2) is 46.4 Å². The predicted molar refractivity (Wildman–Crippen MR) is 144 cm³/mol. The molecule has 1 fully saturated rings. The van der Waals surface area contributed by atoms with E-state index in [1.165, 1.54) is 11.1 Å². The van der Waals surface area contributed by atoms with Gasteiger partial charge in [0.1, 0.15) is 11.4 Å². The zero-order valence-electron chi connectivity index (χ0n) is 22.3. The van der Waals surface area contributed by atoms with E-state index >= 15 is 0 Å². The van der Waals surface area contributed by atoms with Gasteiger partial charge in [0.2, 0.25) is 0 Å². The Morgan fingerprint density at radius 3 is 2.49 bits per heavy atom. The molecule has 7 heteroatoms. The number of aliphatic imine (C=N–C) groups is 1. The fourth-order valence-corrected chi connectivity index (χ4v) is 4.21. The van der Waals surface area contributed by atoms with Crippen LogP contribution in [-0.4, -0.2) is 43.3 Å². The summed E-state index contributed by atoms with van der Waals surface area (Å²) in [6, 6.07) is 6.62. The first-order valence-corrected chi connectivity index (χ1v) is 12.5. The Kier molecular flexibility index (Phi) is 8.54. The summed E-state index contributed by atoms with van der Waals surface area (Å²) in [6.45, 7) is 16.3. The second-order valence-electron chi connectivity index (χ2n) is 10.7. The third kappa shape index (κ3) is 6.82. The fraction of sp³-hybridized carbons (Fsp3) is 0.536. The van der Waals surface area contributed by atoms with Crippen molar-refractivity contribution in [2.45, 2.75) is 79.2 Å². The van der Waals surface area contributed by atoms with Gasteiger partial charge in [0.25, 0.3) is 5.91 Å². The molecule has 3 rings (SSSR count). The average molecular weight is 480 g/mol. The highest BCUT2D eigenvalue weighted by atomic mass is 16.5. The zero-order chi connectivity index (χ0) is 25.8. The number of anilines is 1. The molecule has 1 aromatic carbocycles. The minimum absolute atomic E-state index is 0.0745. The second-order valence-corrected chi connectivity index (χ2v) is 10.7. The van der Waals surface area contributed by atoms with Gasteiger partial charge in [-0.15, -0.1) is 0 Å². The number of nitrogens with one attached hydrogen (secondary N) is 3. The first-order chi connectivity index (χ1) is 16.5. The summed E-state index contributed by atoms with van der Waals surface area (Å²) in [6.07, 6.45) is 4.38. The van der Waals surface area contributed by atoms with Crippen LogP contribution < -0.4 is 15.5 Å². The molecule has 2 aliphatic rings. The predicted octanol–water partition coefficient (Wildman–Crippen LogP) is 4.82. The van der Waals surface area contributed by atoms with Gasteiger partial charge >= 0.3 is 0 Å². The number of amidine groups is 1. The molecule has 35 heavy (non-hydrogen) atoms. The number of hydrogen-bond acceptors (Lipinski definition) is 5. The molecule has 1 amide bonds. The van der Waals surface area contributed by atoms with Crippen LogP contribution in [0.25, 0.3) is 0 Å². The van der Waals surface area contributed by atoms with E-state index in [1.807, 2.05) is 31.9 Å². The van der Waals surface area contributed by atoms with E-state index in [2.05, 4.69) is 54.6 Å². The zero-order valence-corrected chi connectivity index (χ0v) is 22.3. The fourth-order valence-electron chi connectivity index (χ4n) is 4.21. The molecule has 3 N–H and O–H groups in total. The van der Waals surface area contributed by atoms with Crippen LogP contribution in [0.1, 0.15) is 72.4 Å². The summed E-state index contributed by atoms with van der Waals surface area (Å²) in [5.74, 6) is 0.0893. The Morgan fingerprint density at radius 2 is 1.86 bits per heavy atom. The first-order valence-electron chi connectivity index (χ1n) is 12.5. The molecule has 1 saturated heterocycles. The minimum atomic E-state index is -0.200. The number of ether oxygens (including phenoxy) is 1. The van der Waals surface area contributed by atoms with Gasteiger partial charge in [0.15, 0.2) is 5.84 Å². The van der Waals surface area contributed by atoms with Crippen molar-refractivity contribution in [1.29, 1.82) is 5.41 Å². The van der Waals surface area contributed by atoms with E-state index in [0.717, 1.165) is 36.2 Å². The largest absolute Gasteiger partial charge is 0.381 e. The molecule has 0 aliphatic carbocycles. The molecule has 190 valence electrons. The summed E-state index contributed by atoms with van der Waals surface area (Å²) in [5.41, 5.74) is 6.30. The number of carbonyl (C=O) groups is 1. The second kappa shape index (κ2) is 11.2. The van der Waals surface area contributed by atoms with Crippen molar-refractivity contribution in [3.05, 3.63) is 52.5 Å². The highest BCUT2D eigenvalue weighted by molar-refractivity contribution is 6.38. The Morgan fingerprint density at radius 1 is 1.17 bits per heavy atom. The molecule has 7 nitrogen and oxygen atoms in total. The number of benzene rings is 1.